The molecule has 0 aromatic rings. The Labute approximate surface area is 165 Å². The molecule has 4 aliphatic carbocycles. The van der Waals surface area contributed by atoms with Crippen molar-refractivity contribution in [2.75, 3.05) is 7.11 Å². The molecule has 154 valence electrons. The summed E-state index contributed by atoms with van der Waals surface area (Å²) in [6.45, 7) is 5.00. The average molecular weight is 379 g/mol. The third-order valence-corrected chi connectivity index (χ3v) is 9.93. The van der Waals surface area contributed by atoms with E-state index in [1.807, 2.05) is 0 Å². The number of esters is 1. The van der Waals surface area contributed by atoms with Crippen LogP contribution in [-0.2, 0) is 9.53 Å². The number of carbonyl (C=O) groups is 1. The number of carbonyl (C=O) groups excluding carboxylic acids is 1. The minimum absolute atomic E-state index is 0.0669. The van der Waals surface area contributed by atoms with Crippen LogP contribution in [-0.4, -0.2) is 19.3 Å². The number of hydrogen-bond donors (Lipinski definition) is 0. The minimum atomic E-state index is -0.548. The molecule has 0 aromatic heterocycles. The van der Waals surface area contributed by atoms with Crippen LogP contribution in [0, 0.1) is 40.4 Å². The van der Waals surface area contributed by atoms with E-state index in [-0.39, 0.29) is 11.4 Å². The van der Waals surface area contributed by atoms with Crippen LogP contribution in [0.1, 0.15) is 90.9 Å². The standard InChI is InChI=1S/C24H39FO2/c1-23-15-13-19-17(10-12-20-21(25)7-5-14-24(19,20)2)18(23)11-9-16(23)6-4-8-22(26)27-3/h16-21H,4-15H2,1-3H3. The van der Waals surface area contributed by atoms with E-state index in [0.717, 1.165) is 49.4 Å². The minimum Gasteiger partial charge on any atom is -0.469 e. The summed E-state index contributed by atoms with van der Waals surface area (Å²) < 4.78 is 19.5. The van der Waals surface area contributed by atoms with Gasteiger partial charge in [0.1, 0.15) is 6.17 Å². The lowest BCUT2D eigenvalue weighted by atomic mass is 9.44. The van der Waals surface area contributed by atoms with Crippen LogP contribution in [0.25, 0.3) is 0 Å². The first-order chi connectivity index (χ1) is 12.9. The van der Waals surface area contributed by atoms with Crippen LogP contribution in [0.2, 0.25) is 0 Å². The quantitative estimate of drug-likeness (QED) is 0.535. The van der Waals surface area contributed by atoms with Crippen molar-refractivity contribution in [3.05, 3.63) is 0 Å². The van der Waals surface area contributed by atoms with Crippen molar-refractivity contribution in [1.82, 2.24) is 0 Å². The lowest BCUT2D eigenvalue weighted by Gasteiger charge is -2.61. The van der Waals surface area contributed by atoms with Gasteiger partial charge in [0, 0.05) is 6.42 Å². The van der Waals surface area contributed by atoms with Crippen LogP contribution in [0.5, 0.6) is 0 Å². The second kappa shape index (κ2) is 7.34. The summed E-state index contributed by atoms with van der Waals surface area (Å²) in [6.07, 6.45) is 13.0. The number of halogens is 1. The van der Waals surface area contributed by atoms with Gasteiger partial charge in [-0.2, -0.15) is 0 Å². The van der Waals surface area contributed by atoms with E-state index in [4.69, 9.17) is 4.74 Å². The molecule has 4 fully saturated rings. The van der Waals surface area contributed by atoms with Gasteiger partial charge in [0.15, 0.2) is 0 Å². The van der Waals surface area contributed by atoms with Crippen molar-refractivity contribution < 1.29 is 13.9 Å². The maximum Gasteiger partial charge on any atom is 0.305 e. The number of alkyl halides is 1. The van der Waals surface area contributed by atoms with Gasteiger partial charge in [0.25, 0.3) is 0 Å². The smallest absolute Gasteiger partial charge is 0.305 e. The first-order valence-electron chi connectivity index (χ1n) is 11.6. The van der Waals surface area contributed by atoms with Crippen molar-refractivity contribution in [1.29, 1.82) is 0 Å². The molecule has 0 radical (unpaired) electrons. The summed E-state index contributed by atoms with van der Waals surface area (Å²) in [4.78, 5) is 11.5. The molecular formula is C24H39FO2. The van der Waals surface area contributed by atoms with Crippen LogP contribution in [0.3, 0.4) is 0 Å². The van der Waals surface area contributed by atoms with Gasteiger partial charge in [-0.1, -0.05) is 13.8 Å². The van der Waals surface area contributed by atoms with E-state index in [1.54, 1.807) is 0 Å². The van der Waals surface area contributed by atoms with Crippen molar-refractivity contribution in [2.45, 2.75) is 97.1 Å². The fraction of sp³-hybridized carbons (Fsp3) is 0.958. The highest BCUT2D eigenvalue weighted by Gasteiger charge is 2.60. The Kier molecular flexibility index (Phi) is 5.35. The van der Waals surface area contributed by atoms with E-state index < -0.39 is 6.17 Å². The summed E-state index contributed by atoms with van der Waals surface area (Å²) in [5.41, 5.74) is 0.704. The fourth-order valence-corrected chi connectivity index (χ4v) is 8.51. The topological polar surface area (TPSA) is 26.3 Å². The molecule has 4 rings (SSSR count). The van der Waals surface area contributed by atoms with Gasteiger partial charge in [-0.05, 0) is 111 Å². The second-order valence-corrected chi connectivity index (χ2v) is 10.8. The van der Waals surface area contributed by atoms with Crippen LogP contribution < -0.4 is 0 Å². The number of ether oxygens (including phenoxy) is 1. The lowest BCUT2D eigenvalue weighted by Crippen LogP contribution is -2.54. The highest BCUT2D eigenvalue weighted by Crippen LogP contribution is 2.68. The largest absolute Gasteiger partial charge is 0.469 e. The number of fused-ring (bicyclic) bond motifs is 5. The summed E-state index contributed by atoms with van der Waals surface area (Å²) >= 11 is 0. The Morgan fingerprint density at radius 2 is 1.70 bits per heavy atom. The normalized spacial score (nSPS) is 49.0. The van der Waals surface area contributed by atoms with Gasteiger partial charge in [0.2, 0.25) is 0 Å². The van der Waals surface area contributed by atoms with Gasteiger partial charge < -0.3 is 4.74 Å². The summed E-state index contributed by atoms with van der Waals surface area (Å²) in [5.74, 6) is 3.43. The monoisotopic (exact) mass is 378 g/mol. The third-order valence-electron chi connectivity index (χ3n) is 9.93. The SMILES string of the molecule is COC(=O)CCCC1CCC2C3CCC4C(F)CCCC4(C)C3CCC12C. The maximum absolute atomic E-state index is 14.7. The third kappa shape index (κ3) is 3.15. The predicted molar refractivity (Wildman–Crippen MR) is 106 cm³/mol. The van der Waals surface area contributed by atoms with E-state index in [1.165, 1.54) is 52.1 Å². The molecule has 3 heteroatoms. The Balaban J connectivity index is 1.46. The summed E-state index contributed by atoms with van der Waals surface area (Å²) in [7, 11) is 1.49. The zero-order chi connectivity index (χ0) is 19.2. The molecule has 0 N–H and O–H groups in total. The molecule has 0 aliphatic heterocycles. The fourth-order valence-electron chi connectivity index (χ4n) is 8.51. The molecule has 27 heavy (non-hydrogen) atoms. The van der Waals surface area contributed by atoms with Crippen molar-refractivity contribution >= 4 is 5.97 Å². The molecule has 0 bridgehead atoms. The Hall–Kier alpha value is -0.600. The van der Waals surface area contributed by atoms with Crippen molar-refractivity contribution in [3.63, 3.8) is 0 Å². The molecule has 0 aromatic carbocycles. The molecule has 4 aliphatic rings. The van der Waals surface area contributed by atoms with Crippen molar-refractivity contribution in [2.24, 2.45) is 40.4 Å². The van der Waals surface area contributed by atoms with Gasteiger partial charge in [-0.15, -0.1) is 0 Å². The van der Waals surface area contributed by atoms with Gasteiger partial charge in [-0.25, -0.2) is 4.39 Å². The first-order valence-corrected chi connectivity index (χ1v) is 11.6. The Morgan fingerprint density at radius 3 is 2.48 bits per heavy atom. The molecule has 0 amide bonds. The maximum atomic E-state index is 14.7. The van der Waals surface area contributed by atoms with Gasteiger partial charge in [-0.3, -0.25) is 4.79 Å². The average Bonchev–Trinajstić information content (AvgIpc) is 2.98. The van der Waals surface area contributed by atoms with Crippen LogP contribution in [0.4, 0.5) is 4.39 Å². The van der Waals surface area contributed by atoms with E-state index in [0.29, 0.717) is 17.8 Å². The zero-order valence-corrected chi connectivity index (χ0v) is 17.6. The molecule has 4 saturated carbocycles. The first kappa shape index (κ1) is 19.7. The zero-order valence-electron chi connectivity index (χ0n) is 17.6. The summed E-state index contributed by atoms with van der Waals surface area (Å²) in [5, 5.41) is 0. The number of hydrogen-bond acceptors (Lipinski definition) is 2. The van der Waals surface area contributed by atoms with Gasteiger partial charge >= 0.3 is 5.97 Å². The predicted octanol–water partition coefficient (Wildman–Crippen LogP) is 6.33. The van der Waals surface area contributed by atoms with E-state index in [2.05, 4.69) is 13.8 Å². The molecule has 8 unspecified atom stereocenters. The molecule has 0 heterocycles. The molecule has 2 nitrogen and oxygen atoms in total. The molecule has 0 saturated heterocycles. The molecule has 8 atom stereocenters. The van der Waals surface area contributed by atoms with E-state index >= 15 is 0 Å². The highest BCUT2D eigenvalue weighted by atomic mass is 19.1. The summed E-state index contributed by atoms with van der Waals surface area (Å²) in [6, 6.07) is 0. The van der Waals surface area contributed by atoms with E-state index in [9.17, 15) is 9.18 Å². The highest BCUT2D eigenvalue weighted by molar-refractivity contribution is 5.68. The number of rotatable bonds is 4. The molecular weight excluding hydrogens is 339 g/mol. The van der Waals surface area contributed by atoms with Crippen molar-refractivity contribution in [3.8, 4) is 0 Å². The number of methoxy groups -OCH3 is 1. The molecule has 0 spiro atoms. The Morgan fingerprint density at radius 1 is 0.963 bits per heavy atom. The lowest BCUT2D eigenvalue weighted by molar-refractivity contribution is -0.141. The van der Waals surface area contributed by atoms with Crippen LogP contribution >= 0.6 is 0 Å². The second-order valence-electron chi connectivity index (χ2n) is 10.8. The Bertz CT molecular complexity index is 563. The van der Waals surface area contributed by atoms with Gasteiger partial charge in [0.05, 0.1) is 7.11 Å². The van der Waals surface area contributed by atoms with Crippen LogP contribution in [0.15, 0.2) is 0 Å².